The first-order valence-corrected chi connectivity index (χ1v) is 5.93. The molecule has 1 aromatic heterocycles. The van der Waals surface area contributed by atoms with Gasteiger partial charge in [0.2, 0.25) is 0 Å². The third kappa shape index (κ3) is 2.67. The summed E-state index contributed by atoms with van der Waals surface area (Å²) in [5.41, 5.74) is 7.74. The summed E-state index contributed by atoms with van der Waals surface area (Å²) < 4.78 is 1.64. The molecule has 0 atom stereocenters. The molecule has 1 aromatic carbocycles. The average molecular weight is 260 g/mol. The van der Waals surface area contributed by atoms with Crippen LogP contribution in [0.3, 0.4) is 0 Å². The first-order valence-electron chi connectivity index (χ1n) is 5.93. The minimum atomic E-state index is -0.365. The molecule has 2 aromatic rings. The molecule has 0 aliphatic rings. The van der Waals surface area contributed by atoms with Crippen LogP contribution in [0, 0.1) is 0 Å². The van der Waals surface area contributed by atoms with Crippen molar-refractivity contribution in [2.24, 2.45) is 7.05 Å². The standard InChI is InChI=1S/C13H16N4O2/c1-3-11-12(7-17(2)16-11)15-13(19)9-6-8(18)4-5-10(9)14/h4-7,18H,3,14H2,1-2H3,(H,15,19). The monoisotopic (exact) mass is 260 g/mol. The quantitative estimate of drug-likeness (QED) is 0.576. The van der Waals surface area contributed by atoms with Crippen LogP contribution in [-0.4, -0.2) is 20.8 Å². The number of phenolic OH excluding ortho intramolecular Hbond substituents is 1. The molecule has 1 heterocycles. The maximum Gasteiger partial charge on any atom is 0.257 e. The Morgan fingerprint density at radius 2 is 2.26 bits per heavy atom. The van der Waals surface area contributed by atoms with Gasteiger partial charge in [0.05, 0.1) is 16.9 Å². The molecular formula is C13H16N4O2. The number of nitrogens with one attached hydrogen (secondary N) is 1. The van der Waals surface area contributed by atoms with Crippen LogP contribution in [0.15, 0.2) is 24.4 Å². The summed E-state index contributed by atoms with van der Waals surface area (Å²) in [5.74, 6) is -0.364. The first kappa shape index (κ1) is 12.9. The Kier molecular flexibility index (Phi) is 3.41. The average Bonchev–Trinajstić information content (AvgIpc) is 2.72. The summed E-state index contributed by atoms with van der Waals surface area (Å²) in [6.07, 6.45) is 2.45. The van der Waals surface area contributed by atoms with Crippen molar-refractivity contribution in [3.05, 3.63) is 35.7 Å². The molecule has 4 N–H and O–H groups in total. The fraction of sp³-hybridized carbons (Fsp3) is 0.231. The second-order valence-corrected chi connectivity index (χ2v) is 4.24. The van der Waals surface area contributed by atoms with Crippen molar-refractivity contribution in [1.82, 2.24) is 9.78 Å². The van der Waals surface area contributed by atoms with Gasteiger partial charge >= 0.3 is 0 Å². The molecule has 19 heavy (non-hydrogen) atoms. The number of anilines is 2. The number of carbonyl (C=O) groups is 1. The summed E-state index contributed by atoms with van der Waals surface area (Å²) >= 11 is 0. The van der Waals surface area contributed by atoms with Crippen molar-refractivity contribution in [1.29, 1.82) is 0 Å². The zero-order chi connectivity index (χ0) is 14.0. The van der Waals surface area contributed by atoms with E-state index < -0.39 is 0 Å². The van der Waals surface area contributed by atoms with Crippen LogP contribution in [0.2, 0.25) is 0 Å². The van der Waals surface area contributed by atoms with Crippen LogP contribution < -0.4 is 11.1 Å². The van der Waals surface area contributed by atoms with Crippen LogP contribution >= 0.6 is 0 Å². The number of aryl methyl sites for hydroxylation is 2. The molecule has 0 aliphatic carbocycles. The Labute approximate surface area is 110 Å². The highest BCUT2D eigenvalue weighted by Crippen LogP contribution is 2.21. The van der Waals surface area contributed by atoms with Crippen molar-refractivity contribution in [3.63, 3.8) is 0 Å². The molecule has 0 saturated carbocycles. The number of nitrogens with two attached hydrogens (primary N) is 1. The number of hydrogen-bond acceptors (Lipinski definition) is 4. The van der Waals surface area contributed by atoms with E-state index in [-0.39, 0.29) is 17.2 Å². The van der Waals surface area contributed by atoms with Crippen LogP contribution in [0.5, 0.6) is 5.75 Å². The van der Waals surface area contributed by atoms with E-state index in [0.29, 0.717) is 17.8 Å². The van der Waals surface area contributed by atoms with Crippen molar-refractivity contribution < 1.29 is 9.90 Å². The van der Waals surface area contributed by atoms with Gasteiger partial charge in [0.15, 0.2) is 0 Å². The highest BCUT2D eigenvalue weighted by atomic mass is 16.3. The Bertz CT molecular complexity index is 619. The van der Waals surface area contributed by atoms with Crippen molar-refractivity contribution in [3.8, 4) is 5.75 Å². The maximum atomic E-state index is 12.1. The molecule has 1 amide bonds. The number of amides is 1. The zero-order valence-corrected chi connectivity index (χ0v) is 10.8. The predicted molar refractivity (Wildman–Crippen MR) is 73.1 cm³/mol. The lowest BCUT2D eigenvalue weighted by Gasteiger charge is -2.07. The van der Waals surface area contributed by atoms with Crippen LogP contribution in [0.4, 0.5) is 11.4 Å². The van der Waals surface area contributed by atoms with E-state index in [0.717, 1.165) is 5.69 Å². The fourth-order valence-electron chi connectivity index (χ4n) is 1.83. The second-order valence-electron chi connectivity index (χ2n) is 4.24. The Morgan fingerprint density at radius 1 is 1.53 bits per heavy atom. The van der Waals surface area contributed by atoms with Crippen molar-refractivity contribution in [2.45, 2.75) is 13.3 Å². The number of aromatic hydroxyl groups is 1. The number of hydrogen-bond donors (Lipinski definition) is 3. The lowest BCUT2D eigenvalue weighted by molar-refractivity contribution is 0.102. The molecule has 0 radical (unpaired) electrons. The predicted octanol–water partition coefficient (Wildman–Crippen LogP) is 1.52. The lowest BCUT2D eigenvalue weighted by Crippen LogP contribution is -2.14. The van der Waals surface area contributed by atoms with E-state index in [1.807, 2.05) is 6.92 Å². The van der Waals surface area contributed by atoms with E-state index in [9.17, 15) is 9.90 Å². The molecular weight excluding hydrogens is 244 g/mol. The Balaban J connectivity index is 2.27. The van der Waals surface area contributed by atoms with E-state index >= 15 is 0 Å². The first-order chi connectivity index (χ1) is 9.01. The minimum Gasteiger partial charge on any atom is -0.508 e. The Hall–Kier alpha value is -2.50. The molecule has 2 rings (SSSR count). The molecule has 0 unspecified atom stereocenters. The Morgan fingerprint density at radius 3 is 2.95 bits per heavy atom. The number of rotatable bonds is 3. The summed E-state index contributed by atoms with van der Waals surface area (Å²) in [5, 5.41) is 16.4. The minimum absolute atomic E-state index is 0.00116. The smallest absolute Gasteiger partial charge is 0.257 e. The van der Waals surface area contributed by atoms with E-state index in [2.05, 4.69) is 10.4 Å². The second kappa shape index (κ2) is 5.01. The van der Waals surface area contributed by atoms with Gasteiger partial charge in [-0.05, 0) is 24.6 Å². The number of phenols is 1. The van der Waals surface area contributed by atoms with Gasteiger partial charge < -0.3 is 16.2 Å². The molecule has 0 spiro atoms. The molecule has 0 saturated heterocycles. The SMILES string of the molecule is CCc1nn(C)cc1NC(=O)c1cc(O)ccc1N. The molecule has 0 fully saturated rings. The zero-order valence-electron chi connectivity index (χ0n) is 10.8. The summed E-state index contributed by atoms with van der Waals surface area (Å²) in [6, 6.07) is 4.27. The van der Waals surface area contributed by atoms with Gasteiger partial charge in [-0.1, -0.05) is 6.92 Å². The molecule has 0 bridgehead atoms. The molecule has 100 valence electrons. The number of aromatic nitrogens is 2. The van der Waals surface area contributed by atoms with Crippen LogP contribution in [-0.2, 0) is 13.5 Å². The van der Waals surface area contributed by atoms with Gasteiger partial charge in [-0.15, -0.1) is 0 Å². The summed E-state index contributed by atoms with van der Waals surface area (Å²) in [6.45, 7) is 1.96. The number of carbonyl (C=O) groups excluding carboxylic acids is 1. The molecule has 0 aliphatic heterocycles. The third-order valence-electron chi connectivity index (χ3n) is 2.77. The van der Waals surface area contributed by atoms with Gasteiger partial charge in [0, 0.05) is 18.9 Å². The van der Waals surface area contributed by atoms with E-state index in [4.69, 9.17) is 5.73 Å². The van der Waals surface area contributed by atoms with E-state index in [1.54, 1.807) is 17.9 Å². The van der Waals surface area contributed by atoms with Crippen molar-refractivity contribution >= 4 is 17.3 Å². The lowest BCUT2D eigenvalue weighted by atomic mass is 10.1. The summed E-state index contributed by atoms with van der Waals surface area (Å²) in [7, 11) is 1.79. The largest absolute Gasteiger partial charge is 0.508 e. The van der Waals surface area contributed by atoms with Gasteiger partial charge in [0.25, 0.3) is 5.91 Å². The van der Waals surface area contributed by atoms with Gasteiger partial charge in [0.1, 0.15) is 5.75 Å². The normalized spacial score (nSPS) is 10.4. The van der Waals surface area contributed by atoms with Gasteiger partial charge in [-0.25, -0.2) is 0 Å². The van der Waals surface area contributed by atoms with Crippen molar-refractivity contribution in [2.75, 3.05) is 11.1 Å². The number of nitrogens with zero attached hydrogens (tertiary/aromatic N) is 2. The highest BCUT2D eigenvalue weighted by Gasteiger charge is 2.14. The number of nitrogen functional groups attached to an aromatic ring is 1. The van der Waals surface area contributed by atoms with Crippen LogP contribution in [0.1, 0.15) is 23.0 Å². The highest BCUT2D eigenvalue weighted by molar-refractivity contribution is 6.08. The van der Waals surface area contributed by atoms with Gasteiger partial charge in [-0.3, -0.25) is 9.48 Å². The summed E-state index contributed by atoms with van der Waals surface area (Å²) in [4.78, 5) is 12.1. The molecule has 6 heteroatoms. The molecule has 6 nitrogen and oxygen atoms in total. The van der Waals surface area contributed by atoms with Gasteiger partial charge in [-0.2, -0.15) is 5.10 Å². The third-order valence-corrected chi connectivity index (χ3v) is 2.77. The topological polar surface area (TPSA) is 93.2 Å². The maximum absolute atomic E-state index is 12.1. The van der Waals surface area contributed by atoms with E-state index in [1.165, 1.54) is 18.2 Å². The van der Waals surface area contributed by atoms with Crippen LogP contribution in [0.25, 0.3) is 0 Å². The fourth-order valence-corrected chi connectivity index (χ4v) is 1.83. The number of benzene rings is 1.